The number of rotatable bonds is 3. The number of carbonyl (C=O) groups is 2. The predicted molar refractivity (Wildman–Crippen MR) is 134 cm³/mol. The fraction of sp³-hybridized carbons (Fsp3) is 0.160. The van der Waals surface area contributed by atoms with Gasteiger partial charge in [0.25, 0.3) is 5.78 Å². The predicted octanol–water partition coefficient (Wildman–Crippen LogP) is 5.96. The fourth-order valence-electron chi connectivity index (χ4n) is 4.46. The summed E-state index contributed by atoms with van der Waals surface area (Å²) >= 11 is 8.82. The normalized spacial score (nSPS) is 21.3. The van der Waals surface area contributed by atoms with E-state index in [-0.39, 0.29) is 17.4 Å². The van der Waals surface area contributed by atoms with E-state index in [1.165, 1.54) is 27.6 Å². The van der Waals surface area contributed by atoms with Gasteiger partial charge in [0.05, 0.1) is 15.8 Å². The van der Waals surface area contributed by atoms with E-state index in [0.29, 0.717) is 27.7 Å². The third kappa shape index (κ3) is 3.33. The van der Waals surface area contributed by atoms with Gasteiger partial charge in [-0.3, -0.25) is 14.5 Å². The molecule has 34 heavy (non-hydrogen) atoms. The number of ether oxygens (including phenoxy) is 1. The van der Waals surface area contributed by atoms with Crippen molar-refractivity contribution in [1.29, 1.82) is 0 Å². The minimum Gasteiger partial charge on any atom is -0.507 e. The van der Waals surface area contributed by atoms with E-state index in [4.69, 9.17) is 16.3 Å². The maximum atomic E-state index is 13.3. The average Bonchev–Trinajstić information content (AvgIpc) is 3.58. The summed E-state index contributed by atoms with van der Waals surface area (Å²) in [5.41, 5.74) is 2.18. The standard InChI is InChI=1S/C25H17ClN2O4S2/c1-12-9-14-10-13(4-7-17(14)32-12)22(29)20-21(18-3-2-8-33-18)28(24(31)23(20)30)25-27-16-6-5-15(26)11-19(16)34-25/h2-8,10-12,21,29H,9H2,1H3/b22-20+/t12-,21-/m0/s1. The zero-order valence-corrected chi connectivity index (χ0v) is 20.2. The second-order valence-corrected chi connectivity index (χ2v) is 10.7. The number of carbonyl (C=O) groups excluding carboxylic acids is 2. The number of hydrogen-bond acceptors (Lipinski definition) is 7. The van der Waals surface area contributed by atoms with Gasteiger partial charge in [0.2, 0.25) is 0 Å². The van der Waals surface area contributed by atoms with Crippen LogP contribution in [0.15, 0.2) is 59.5 Å². The van der Waals surface area contributed by atoms with Crippen molar-refractivity contribution in [2.75, 3.05) is 4.90 Å². The molecular weight excluding hydrogens is 492 g/mol. The second-order valence-electron chi connectivity index (χ2n) is 8.25. The van der Waals surface area contributed by atoms with Crippen molar-refractivity contribution in [3.8, 4) is 5.75 Å². The van der Waals surface area contributed by atoms with Crippen LogP contribution in [-0.2, 0) is 16.0 Å². The van der Waals surface area contributed by atoms with Gasteiger partial charge in [0.15, 0.2) is 5.13 Å². The number of Topliss-reactive ketones (excluding diaryl/α,β-unsaturated/α-hetero) is 1. The van der Waals surface area contributed by atoms with Gasteiger partial charge in [-0.15, -0.1) is 11.3 Å². The Labute approximate surface area is 207 Å². The largest absolute Gasteiger partial charge is 0.507 e. The maximum absolute atomic E-state index is 13.3. The first kappa shape index (κ1) is 21.3. The molecule has 1 amide bonds. The van der Waals surface area contributed by atoms with Crippen molar-refractivity contribution in [2.24, 2.45) is 0 Å². The van der Waals surface area contributed by atoms with E-state index >= 15 is 0 Å². The minimum absolute atomic E-state index is 0.0524. The smallest absolute Gasteiger partial charge is 0.301 e. The van der Waals surface area contributed by atoms with Gasteiger partial charge in [0, 0.05) is 21.9 Å². The Bertz CT molecular complexity index is 1510. The van der Waals surface area contributed by atoms with E-state index in [9.17, 15) is 14.7 Å². The summed E-state index contributed by atoms with van der Waals surface area (Å²) in [7, 11) is 0. The average molecular weight is 509 g/mol. The molecule has 1 N–H and O–H groups in total. The molecule has 1 saturated heterocycles. The van der Waals surface area contributed by atoms with Crippen molar-refractivity contribution >= 4 is 67.1 Å². The van der Waals surface area contributed by atoms with E-state index in [0.717, 1.165) is 20.9 Å². The second kappa shape index (κ2) is 7.94. The molecular formula is C25H17ClN2O4S2. The fourth-order valence-corrected chi connectivity index (χ4v) is 6.55. The number of fused-ring (bicyclic) bond motifs is 2. The highest BCUT2D eigenvalue weighted by atomic mass is 35.5. The SMILES string of the molecule is C[C@H]1Cc2cc(/C(O)=C3\C(=O)C(=O)N(c4nc5ccc(Cl)cc5s4)[C@H]3c3cccs3)ccc2O1. The number of thiazole rings is 1. The number of amides is 1. The lowest BCUT2D eigenvalue weighted by Gasteiger charge is -2.21. The monoisotopic (exact) mass is 508 g/mol. The number of ketones is 1. The van der Waals surface area contributed by atoms with Gasteiger partial charge < -0.3 is 9.84 Å². The van der Waals surface area contributed by atoms with Crippen LogP contribution in [-0.4, -0.2) is 27.9 Å². The zero-order valence-electron chi connectivity index (χ0n) is 17.8. The number of aromatic nitrogens is 1. The quantitative estimate of drug-likeness (QED) is 0.210. The molecule has 170 valence electrons. The van der Waals surface area contributed by atoms with E-state index in [2.05, 4.69) is 4.98 Å². The van der Waals surface area contributed by atoms with E-state index < -0.39 is 17.7 Å². The van der Waals surface area contributed by atoms with Gasteiger partial charge in [-0.25, -0.2) is 4.98 Å². The molecule has 1 fully saturated rings. The highest BCUT2D eigenvalue weighted by Crippen LogP contribution is 2.46. The molecule has 0 spiro atoms. The summed E-state index contributed by atoms with van der Waals surface area (Å²) in [6.45, 7) is 1.98. The Morgan fingerprint density at radius 1 is 1.21 bits per heavy atom. The lowest BCUT2D eigenvalue weighted by atomic mass is 9.98. The number of halogens is 1. The molecule has 2 aliphatic heterocycles. The number of aliphatic hydroxyl groups excluding tert-OH is 1. The first-order valence-electron chi connectivity index (χ1n) is 10.6. The van der Waals surface area contributed by atoms with Crippen molar-refractivity contribution < 1.29 is 19.4 Å². The van der Waals surface area contributed by atoms with Crippen molar-refractivity contribution in [1.82, 2.24) is 4.98 Å². The van der Waals surface area contributed by atoms with Crippen LogP contribution in [0.3, 0.4) is 0 Å². The molecule has 2 atom stereocenters. The molecule has 2 aromatic carbocycles. The third-order valence-corrected chi connectivity index (χ3v) is 8.15. The van der Waals surface area contributed by atoms with Gasteiger partial charge in [-0.2, -0.15) is 0 Å². The summed E-state index contributed by atoms with van der Waals surface area (Å²) < 4.78 is 6.56. The molecule has 2 aliphatic rings. The van der Waals surface area contributed by atoms with Crippen molar-refractivity contribution in [3.63, 3.8) is 0 Å². The summed E-state index contributed by atoms with van der Waals surface area (Å²) in [6, 6.07) is 13.6. The van der Waals surface area contributed by atoms with Gasteiger partial charge in [-0.1, -0.05) is 29.0 Å². The Morgan fingerprint density at radius 3 is 2.85 bits per heavy atom. The topological polar surface area (TPSA) is 79.7 Å². The molecule has 9 heteroatoms. The minimum atomic E-state index is -0.778. The first-order valence-corrected chi connectivity index (χ1v) is 12.7. The molecule has 0 unspecified atom stereocenters. The summed E-state index contributed by atoms with van der Waals surface area (Å²) in [4.78, 5) is 33.3. The number of benzene rings is 2. The van der Waals surface area contributed by atoms with Crippen LogP contribution in [0.5, 0.6) is 5.75 Å². The van der Waals surface area contributed by atoms with Gasteiger partial charge in [-0.05, 0) is 60.3 Å². The van der Waals surface area contributed by atoms with Crippen LogP contribution in [0.4, 0.5) is 5.13 Å². The summed E-state index contributed by atoms with van der Waals surface area (Å²) in [5.74, 6) is -0.889. The molecule has 4 heterocycles. The number of aliphatic hydroxyl groups is 1. The van der Waals surface area contributed by atoms with Crippen molar-refractivity contribution in [2.45, 2.75) is 25.5 Å². The highest BCUT2D eigenvalue weighted by Gasteiger charge is 2.48. The Kier molecular flexibility index (Phi) is 4.98. The third-order valence-electron chi connectivity index (χ3n) is 5.97. The van der Waals surface area contributed by atoms with Crippen LogP contribution < -0.4 is 9.64 Å². The molecule has 0 radical (unpaired) electrons. The number of nitrogens with zero attached hydrogens (tertiary/aromatic N) is 2. The maximum Gasteiger partial charge on any atom is 0.301 e. The lowest BCUT2D eigenvalue weighted by Crippen LogP contribution is -2.28. The Balaban J connectivity index is 1.51. The zero-order chi connectivity index (χ0) is 23.6. The summed E-state index contributed by atoms with van der Waals surface area (Å²) in [6.07, 6.45) is 0.768. The molecule has 6 rings (SSSR count). The number of thiophene rings is 1. The Morgan fingerprint density at radius 2 is 2.06 bits per heavy atom. The lowest BCUT2D eigenvalue weighted by molar-refractivity contribution is -0.132. The van der Waals surface area contributed by atoms with Crippen LogP contribution in [0, 0.1) is 0 Å². The van der Waals surface area contributed by atoms with Crippen LogP contribution in [0.25, 0.3) is 16.0 Å². The van der Waals surface area contributed by atoms with Gasteiger partial charge in [0.1, 0.15) is 23.7 Å². The Hall–Kier alpha value is -3.20. The van der Waals surface area contributed by atoms with Gasteiger partial charge >= 0.3 is 5.91 Å². The van der Waals surface area contributed by atoms with Crippen LogP contribution in [0.2, 0.25) is 5.02 Å². The molecule has 2 aromatic heterocycles. The highest BCUT2D eigenvalue weighted by molar-refractivity contribution is 7.22. The molecule has 0 saturated carbocycles. The molecule has 0 bridgehead atoms. The number of hydrogen-bond donors (Lipinski definition) is 1. The summed E-state index contributed by atoms with van der Waals surface area (Å²) in [5, 5.41) is 14.1. The van der Waals surface area contributed by atoms with E-state index in [1.807, 2.05) is 30.5 Å². The van der Waals surface area contributed by atoms with Crippen LogP contribution in [0.1, 0.15) is 29.0 Å². The molecule has 0 aliphatic carbocycles. The molecule has 6 nitrogen and oxygen atoms in total. The molecule has 4 aromatic rings. The van der Waals surface area contributed by atoms with Crippen LogP contribution >= 0.6 is 34.3 Å². The van der Waals surface area contributed by atoms with Crippen molar-refractivity contribution in [3.05, 3.63) is 80.5 Å². The first-order chi connectivity index (χ1) is 16.4. The number of anilines is 1. The van der Waals surface area contributed by atoms with E-state index in [1.54, 1.807) is 30.3 Å².